The third kappa shape index (κ3) is 42.4. The lowest BCUT2D eigenvalue weighted by Crippen LogP contribution is -2.29. The van der Waals surface area contributed by atoms with Crippen molar-refractivity contribution < 1.29 is 37.6 Å². The minimum absolute atomic E-state index is 0.221. The highest BCUT2D eigenvalue weighted by molar-refractivity contribution is 7.47. The first kappa shape index (κ1) is 54.8. The Hall–Kier alpha value is -1.21. The number of rotatable bonds is 45. The fraction of sp³-hybridized carbons (Fsp3) is 0.915. The average molecular weight is 815 g/mol. The van der Waals surface area contributed by atoms with Gasteiger partial charge in [-0.3, -0.25) is 18.6 Å². The molecule has 332 valence electrons. The van der Waals surface area contributed by atoms with Crippen LogP contribution in [0, 0.1) is 0 Å². The van der Waals surface area contributed by atoms with Crippen molar-refractivity contribution in [2.45, 2.75) is 258 Å². The Labute approximate surface area is 346 Å². The van der Waals surface area contributed by atoms with Crippen LogP contribution in [-0.4, -0.2) is 43.3 Å². The molecule has 0 rings (SSSR count). The topological polar surface area (TPSA) is 108 Å². The number of hydrogen-bond acceptors (Lipinski definition) is 7. The van der Waals surface area contributed by atoms with Gasteiger partial charge >= 0.3 is 19.8 Å². The number of phosphoric acid groups is 1. The van der Waals surface area contributed by atoms with Crippen LogP contribution >= 0.6 is 7.82 Å². The van der Waals surface area contributed by atoms with E-state index >= 15 is 0 Å². The summed E-state index contributed by atoms with van der Waals surface area (Å²) in [5, 5.41) is 0. The van der Waals surface area contributed by atoms with Crippen molar-refractivity contribution in [2.24, 2.45) is 0 Å². The minimum atomic E-state index is -4.26. The monoisotopic (exact) mass is 815 g/mol. The summed E-state index contributed by atoms with van der Waals surface area (Å²) in [6.07, 6.45) is 48.4. The molecule has 0 aromatic heterocycles. The lowest BCUT2D eigenvalue weighted by molar-refractivity contribution is -0.161. The van der Waals surface area contributed by atoms with Gasteiger partial charge in [0.2, 0.25) is 0 Å². The maximum atomic E-state index is 12.5. The highest BCUT2D eigenvalue weighted by atomic mass is 31.2. The van der Waals surface area contributed by atoms with E-state index in [1.807, 2.05) is 0 Å². The Kier molecular flexibility index (Phi) is 42.4. The van der Waals surface area contributed by atoms with Gasteiger partial charge in [0.25, 0.3) is 0 Å². The maximum absolute atomic E-state index is 12.5. The van der Waals surface area contributed by atoms with E-state index in [2.05, 4.69) is 30.5 Å². The van der Waals surface area contributed by atoms with Crippen molar-refractivity contribution in [1.29, 1.82) is 0 Å². The molecule has 2 atom stereocenters. The molecule has 0 saturated carbocycles. The van der Waals surface area contributed by atoms with Gasteiger partial charge in [-0.25, -0.2) is 4.57 Å². The summed E-state index contributed by atoms with van der Waals surface area (Å²) in [4.78, 5) is 34.6. The number of ether oxygens (including phenoxy) is 2. The Morgan fingerprint density at radius 2 is 0.804 bits per heavy atom. The lowest BCUT2D eigenvalue weighted by Gasteiger charge is -2.19. The Morgan fingerprint density at radius 1 is 0.482 bits per heavy atom. The Bertz CT molecular complexity index is 926. The largest absolute Gasteiger partial charge is 0.472 e. The second-order valence-corrected chi connectivity index (χ2v) is 17.8. The molecule has 0 aromatic carbocycles. The van der Waals surface area contributed by atoms with Gasteiger partial charge in [-0.15, -0.1) is 0 Å². The summed E-state index contributed by atoms with van der Waals surface area (Å²) in [6.45, 7) is 3.92. The van der Waals surface area contributed by atoms with E-state index in [1.165, 1.54) is 173 Å². The third-order valence-corrected chi connectivity index (χ3v) is 11.7. The molecule has 0 saturated heterocycles. The Morgan fingerprint density at radius 3 is 1.16 bits per heavy atom. The summed E-state index contributed by atoms with van der Waals surface area (Å²) in [6, 6.07) is 0. The highest BCUT2D eigenvalue weighted by Crippen LogP contribution is 2.42. The van der Waals surface area contributed by atoms with Crippen molar-refractivity contribution in [3.05, 3.63) is 12.2 Å². The molecule has 0 aliphatic rings. The van der Waals surface area contributed by atoms with E-state index in [0.29, 0.717) is 12.8 Å². The molecular formula is C47H91O8P. The van der Waals surface area contributed by atoms with Gasteiger partial charge in [-0.05, 0) is 38.5 Å². The smallest absolute Gasteiger partial charge is 0.462 e. The molecule has 0 aliphatic heterocycles. The van der Waals surface area contributed by atoms with Crippen LogP contribution in [0.5, 0.6) is 0 Å². The number of unbranched alkanes of at least 4 members (excludes halogenated alkanes) is 32. The third-order valence-electron chi connectivity index (χ3n) is 10.8. The van der Waals surface area contributed by atoms with Gasteiger partial charge in [0.15, 0.2) is 6.10 Å². The molecule has 0 amide bonds. The SMILES string of the molecule is CCCCCCCC/C=C\CCCCCCCCCC(=O)OC(COC(=O)CCCCCCCCCCCCCCCCCCCCCC)COP(=O)(O)OC. The highest BCUT2D eigenvalue weighted by Gasteiger charge is 2.24. The molecule has 2 unspecified atom stereocenters. The number of esters is 2. The molecule has 0 fully saturated rings. The van der Waals surface area contributed by atoms with E-state index in [4.69, 9.17) is 14.0 Å². The number of hydrogen-bond donors (Lipinski definition) is 1. The molecule has 0 aliphatic carbocycles. The summed E-state index contributed by atoms with van der Waals surface area (Å²) < 4.78 is 32.1. The Balaban J connectivity index is 3.90. The van der Waals surface area contributed by atoms with Gasteiger partial charge in [0.05, 0.1) is 6.61 Å². The molecule has 1 N–H and O–H groups in total. The zero-order valence-electron chi connectivity index (χ0n) is 37.1. The van der Waals surface area contributed by atoms with Crippen LogP contribution in [0.3, 0.4) is 0 Å². The van der Waals surface area contributed by atoms with Crippen LogP contribution in [0.2, 0.25) is 0 Å². The first-order valence-corrected chi connectivity index (χ1v) is 25.4. The fourth-order valence-electron chi connectivity index (χ4n) is 7.07. The number of carbonyl (C=O) groups is 2. The van der Waals surface area contributed by atoms with Crippen LogP contribution in [-0.2, 0) is 32.7 Å². The second-order valence-electron chi connectivity index (χ2n) is 16.3. The summed E-state index contributed by atoms with van der Waals surface area (Å²) >= 11 is 0. The van der Waals surface area contributed by atoms with Crippen LogP contribution < -0.4 is 0 Å². The molecular weight excluding hydrogens is 723 g/mol. The maximum Gasteiger partial charge on any atom is 0.472 e. The fourth-order valence-corrected chi connectivity index (χ4v) is 7.53. The molecule has 0 spiro atoms. The van der Waals surface area contributed by atoms with E-state index < -0.39 is 26.5 Å². The van der Waals surface area contributed by atoms with Gasteiger partial charge in [-0.1, -0.05) is 212 Å². The first-order chi connectivity index (χ1) is 27.3. The molecule has 9 heteroatoms. The molecule has 0 aromatic rings. The van der Waals surface area contributed by atoms with E-state index in [9.17, 15) is 19.0 Å². The molecule has 56 heavy (non-hydrogen) atoms. The average Bonchev–Trinajstić information content (AvgIpc) is 3.19. The van der Waals surface area contributed by atoms with Crippen LogP contribution in [0.1, 0.15) is 251 Å². The minimum Gasteiger partial charge on any atom is -0.462 e. The van der Waals surface area contributed by atoms with Gasteiger partial charge in [0, 0.05) is 20.0 Å². The van der Waals surface area contributed by atoms with Crippen LogP contribution in [0.4, 0.5) is 0 Å². The first-order valence-electron chi connectivity index (χ1n) is 23.9. The van der Waals surface area contributed by atoms with Crippen molar-refractivity contribution in [3.63, 3.8) is 0 Å². The van der Waals surface area contributed by atoms with E-state index in [1.54, 1.807) is 0 Å². The normalized spacial score (nSPS) is 13.3. The summed E-state index contributed by atoms with van der Waals surface area (Å²) in [5.41, 5.74) is 0. The van der Waals surface area contributed by atoms with Gasteiger partial charge in [0.1, 0.15) is 6.61 Å². The van der Waals surface area contributed by atoms with Crippen LogP contribution in [0.15, 0.2) is 12.2 Å². The van der Waals surface area contributed by atoms with Gasteiger partial charge < -0.3 is 14.4 Å². The quantitative estimate of drug-likeness (QED) is 0.0280. The van der Waals surface area contributed by atoms with Gasteiger partial charge in [-0.2, -0.15) is 0 Å². The molecule has 0 bridgehead atoms. The number of carbonyl (C=O) groups excluding carboxylic acids is 2. The molecule has 0 heterocycles. The van der Waals surface area contributed by atoms with Crippen molar-refractivity contribution in [1.82, 2.24) is 0 Å². The predicted molar refractivity (Wildman–Crippen MR) is 235 cm³/mol. The van der Waals surface area contributed by atoms with Crippen LogP contribution in [0.25, 0.3) is 0 Å². The van der Waals surface area contributed by atoms with E-state index in [-0.39, 0.29) is 19.0 Å². The van der Waals surface area contributed by atoms with Crippen molar-refractivity contribution in [2.75, 3.05) is 20.3 Å². The molecule has 0 radical (unpaired) electrons. The predicted octanol–water partition coefficient (Wildman–Crippen LogP) is 15.2. The van der Waals surface area contributed by atoms with Crippen molar-refractivity contribution >= 4 is 19.8 Å². The second kappa shape index (κ2) is 43.4. The number of phosphoric ester groups is 1. The summed E-state index contributed by atoms with van der Waals surface area (Å²) in [5.74, 6) is -0.793. The van der Waals surface area contributed by atoms with Crippen molar-refractivity contribution in [3.8, 4) is 0 Å². The summed E-state index contributed by atoms with van der Waals surface area (Å²) in [7, 11) is -3.19. The molecule has 8 nitrogen and oxygen atoms in total. The number of allylic oxidation sites excluding steroid dienone is 2. The lowest BCUT2D eigenvalue weighted by atomic mass is 10.0. The zero-order chi connectivity index (χ0) is 41.1. The standard InChI is InChI=1S/C47H91O8P/c1-4-6-8-10-12-14-16-18-20-22-23-24-26-27-29-31-33-35-37-39-41-46(48)53-43-45(44-54-56(50,51)52-3)55-47(49)42-40-38-36-34-32-30-28-25-21-19-17-15-13-11-9-7-5-2/h19,21,45H,4-18,20,22-44H2,1-3H3,(H,50,51)/b21-19-. The zero-order valence-corrected chi connectivity index (χ0v) is 38.0. The van der Waals surface area contributed by atoms with E-state index in [0.717, 1.165) is 52.1 Å².